The highest BCUT2D eigenvalue weighted by atomic mass is 32.1. The Hall–Kier alpha value is -2.68. The fourth-order valence-electron chi connectivity index (χ4n) is 3.30. The van der Waals surface area contributed by atoms with Gasteiger partial charge in [-0.25, -0.2) is 0 Å². The summed E-state index contributed by atoms with van der Waals surface area (Å²) in [6.07, 6.45) is 1.98. The quantitative estimate of drug-likeness (QED) is 0.304. The van der Waals surface area contributed by atoms with Crippen molar-refractivity contribution in [3.63, 3.8) is 0 Å². The van der Waals surface area contributed by atoms with E-state index in [2.05, 4.69) is 40.1 Å². The normalized spacial score (nSPS) is 13.9. The Bertz CT molecular complexity index is 853. The Morgan fingerprint density at radius 2 is 1.72 bits per heavy atom. The molecule has 8 heteroatoms. The number of carbonyl (C=O) groups is 1. The van der Waals surface area contributed by atoms with Crippen LogP contribution in [0.15, 0.2) is 48.5 Å². The van der Waals surface area contributed by atoms with Crippen molar-refractivity contribution >= 4 is 23.2 Å². The summed E-state index contributed by atoms with van der Waals surface area (Å²) in [5.41, 5.74) is 8.20. The van der Waals surface area contributed by atoms with Gasteiger partial charge in [0, 0.05) is 25.2 Å². The summed E-state index contributed by atoms with van der Waals surface area (Å²) < 4.78 is 11.2. The second kappa shape index (κ2) is 13.0. The number of nitrogens with zero attached hydrogens (tertiary/aromatic N) is 1. The van der Waals surface area contributed by atoms with Crippen LogP contribution in [0.5, 0.6) is 5.75 Å². The van der Waals surface area contributed by atoms with Crippen molar-refractivity contribution in [3.05, 3.63) is 65.2 Å². The standard InChI is InChI=1S/C24H32N4O3S/c1-2-19-6-10-22(11-7-19)31-18-20-4-8-21(9-5-20)23(29)26-27-24(32)25-12-3-13-28-14-16-30-17-15-28/h4-11H,2-3,12-18H2,1H3,(H,26,29)(H2,25,27,32). The van der Waals surface area contributed by atoms with Crippen molar-refractivity contribution in [2.75, 3.05) is 39.4 Å². The molecule has 1 heterocycles. The van der Waals surface area contributed by atoms with E-state index in [1.165, 1.54) is 5.56 Å². The van der Waals surface area contributed by atoms with Gasteiger partial charge >= 0.3 is 0 Å². The van der Waals surface area contributed by atoms with Crippen molar-refractivity contribution in [1.29, 1.82) is 0 Å². The fourth-order valence-corrected chi connectivity index (χ4v) is 3.45. The third-order valence-corrected chi connectivity index (χ3v) is 5.53. The van der Waals surface area contributed by atoms with E-state index in [0.717, 1.165) is 63.5 Å². The first-order valence-corrected chi connectivity index (χ1v) is 11.5. The zero-order chi connectivity index (χ0) is 22.6. The lowest BCUT2D eigenvalue weighted by atomic mass is 10.1. The Morgan fingerprint density at radius 1 is 1.03 bits per heavy atom. The summed E-state index contributed by atoms with van der Waals surface area (Å²) in [4.78, 5) is 14.7. The van der Waals surface area contributed by atoms with Crippen LogP contribution in [-0.2, 0) is 17.8 Å². The number of ether oxygens (including phenoxy) is 2. The molecule has 0 spiro atoms. The fraction of sp³-hybridized carbons (Fsp3) is 0.417. The minimum absolute atomic E-state index is 0.245. The van der Waals surface area contributed by atoms with E-state index in [4.69, 9.17) is 21.7 Å². The van der Waals surface area contributed by atoms with Gasteiger partial charge in [0.05, 0.1) is 13.2 Å². The Kier molecular flexibility index (Phi) is 9.74. The SMILES string of the molecule is CCc1ccc(OCc2ccc(C(=O)NNC(=S)NCCCN3CCOCC3)cc2)cc1. The first-order chi connectivity index (χ1) is 15.6. The van der Waals surface area contributed by atoms with Crippen LogP contribution in [-0.4, -0.2) is 55.3 Å². The number of morpholine rings is 1. The largest absolute Gasteiger partial charge is 0.489 e. The molecule has 0 unspecified atom stereocenters. The lowest BCUT2D eigenvalue weighted by Crippen LogP contribution is -2.47. The number of aryl methyl sites for hydroxylation is 1. The summed E-state index contributed by atoms with van der Waals surface area (Å²) in [6, 6.07) is 15.4. The van der Waals surface area contributed by atoms with Gasteiger partial charge in [-0.3, -0.25) is 20.5 Å². The number of carbonyl (C=O) groups excluding carboxylic acids is 1. The first-order valence-electron chi connectivity index (χ1n) is 11.1. The van der Waals surface area contributed by atoms with Gasteiger partial charge in [0.1, 0.15) is 12.4 Å². The van der Waals surface area contributed by atoms with E-state index in [1.807, 2.05) is 24.3 Å². The Labute approximate surface area is 195 Å². The van der Waals surface area contributed by atoms with E-state index in [0.29, 0.717) is 17.3 Å². The molecule has 0 aromatic heterocycles. The van der Waals surface area contributed by atoms with Gasteiger partial charge in [-0.2, -0.15) is 0 Å². The molecule has 0 bridgehead atoms. The maximum Gasteiger partial charge on any atom is 0.269 e. The van der Waals surface area contributed by atoms with Crippen LogP contribution in [0.3, 0.4) is 0 Å². The third kappa shape index (κ3) is 8.11. The van der Waals surface area contributed by atoms with Crippen molar-refractivity contribution in [3.8, 4) is 5.75 Å². The molecule has 32 heavy (non-hydrogen) atoms. The molecule has 172 valence electrons. The number of amides is 1. The van der Waals surface area contributed by atoms with Gasteiger partial charge in [-0.05, 0) is 67.0 Å². The molecule has 2 aromatic rings. The summed E-state index contributed by atoms with van der Waals surface area (Å²) >= 11 is 5.22. The zero-order valence-corrected chi connectivity index (χ0v) is 19.4. The molecule has 1 amide bonds. The molecule has 1 saturated heterocycles. The average molecular weight is 457 g/mol. The third-order valence-electron chi connectivity index (χ3n) is 5.28. The summed E-state index contributed by atoms with van der Waals surface area (Å²) in [7, 11) is 0. The predicted molar refractivity (Wildman–Crippen MR) is 130 cm³/mol. The van der Waals surface area contributed by atoms with E-state index in [1.54, 1.807) is 12.1 Å². The van der Waals surface area contributed by atoms with E-state index in [-0.39, 0.29) is 5.91 Å². The van der Waals surface area contributed by atoms with Crippen molar-refractivity contribution in [2.24, 2.45) is 0 Å². The van der Waals surface area contributed by atoms with Gasteiger partial charge < -0.3 is 14.8 Å². The number of hydrogen-bond acceptors (Lipinski definition) is 5. The lowest BCUT2D eigenvalue weighted by molar-refractivity contribution is 0.0376. The second-order valence-corrected chi connectivity index (χ2v) is 8.03. The van der Waals surface area contributed by atoms with Crippen LogP contribution < -0.4 is 20.9 Å². The number of hydrazine groups is 1. The molecule has 1 fully saturated rings. The minimum Gasteiger partial charge on any atom is -0.489 e. The van der Waals surface area contributed by atoms with Crippen LogP contribution in [0.25, 0.3) is 0 Å². The molecule has 1 aliphatic rings. The molecule has 3 rings (SSSR count). The van der Waals surface area contributed by atoms with Crippen LogP contribution in [0.4, 0.5) is 0 Å². The molecular weight excluding hydrogens is 424 g/mol. The highest BCUT2D eigenvalue weighted by Gasteiger charge is 2.09. The predicted octanol–water partition coefficient (Wildman–Crippen LogP) is 2.66. The molecule has 0 radical (unpaired) electrons. The summed E-state index contributed by atoms with van der Waals surface area (Å²) in [5, 5.41) is 3.51. The van der Waals surface area contributed by atoms with E-state index < -0.39 is 0 Å². The number of rotatable bonds is 9. The number of nitrogens with one attached hydrogen (secondary N) is 3. The smallest absolute Gasteiger partial charge is 0.269 e. The number of benzene rings is 2. The van der Waals surface area contributed by atoms with Crippen LogP contribution in [0.1, 0.15) is 34.8 Å². The molecule has 1 aliphatic heterocycles. The molecule has 7 nitrogen and oxygen atoms in total. The zero-order valence-electron chi connectivity index (χ0n) is 18.6. The highest BCUT2D eigenvalue weighted by Crippen LogP contribution is 2.15. The number of hydrogen-bond donors (Lipinski definition) is 3. The molecule has 0 atom stereocenters. The Morgan fingerprint density at radius 3 is 2.41 bits per heavy atom. The summed E-state index contributed by atoms with van der Waals surface area (Å²) in [5.74, 6) is 0.587. The molecular formula is C24H32N4O3S. The van der Waals surface area contributed by atoms with Crippen LogP contribution in [0.2, 0.25) is 0 Å². The van der Waals surface area contributed by atoms with Crippen molar-refractivity contribution in [1.82, 2.24) is 21.1 Å². The van der Waals surface area contributed by atoms with Crippen molar-refractivity contribution in [2.45, 2.75) is 26.4 Å². The molecule has 0 aliphatic carbocycles. The van der Waals surface area contributed by atoms with Crippen molar-refractivity contribution < 1.29 is 14.3 Å². The van der Waals surface area contributed by atoms with Gasteiger partial charge in [0.15, 0.2) is 5.11 Å². The molecule has 2 aromatic carbocycles. The monoisotopic (exact) mass is 456 g/mol. The van der Waals surface area contributed by atoms with Gasteiger partial charge in [0.2, 0.25) is 0 Å². The van der Waals surface area contributed by atoms with E-state index in [9.17, 15) is 4.79 Å². The number of thiocarbonyl (C=S) groups is 1. The van der Waals surface area contributed by atoms with Gasteiger partial charge in [-0.15, -0.1) is 0 Å². The van der Waals surface area contributed by atoms with E-state index >= 15 is 0 Å². The molecule has 0 saturated carbocycles. The van der Waals surface area contributed by atoms with Gasteiger partial charge in [-0.1, -0.05) is 31.2 Å². The summed E-state index contributed by atoms with van der Waals surface area (Å²) in [6.45, 7) is 7.90. The minimum atomic E-state index is -0.245. The van der Waals surface area contributed by atoms with Gasteiger partial charge in [0.25, 0.3) is 5.91 Å². The lowest BCUT2D eigenvalue weighted by Gasteiger charge is -2.26. The second-order valence-electron chi connectivity index (χ2n) is 7.63. The topological polar surface area (TPSA) is 74.9 Å². The van der Waals surface area contributed by atoms with Crippen LogP contribution >= 0.6 is 12.2 Å². The molecule has 3 N–H and O–H groups in total. The maximum atomic E-state index is 12.3. The average Bonchev–Trinajstić information content (AvgIpc) is 2.85. The Balaban J connectivity index is 1.32. The highest BCUT2D eigenvalue weighted by molar-refractivity contribution is 7.80. The maximum absolute atomic E-state index is 12.3. The van der Waals surface area contributed by atoms with Crippen LogP contribution in [0, 0.1) is 0 Å². The first kappa shape index (κ1) is 24.0.